The van der Waals surface area contributed by atoms with Crippen LogP contribution in [-0.4, -0.2) is 92.8 Å². The van der Waals surface area contributed by atoms with Crippen molar-refractivity contribution in [1.82, 2.24) is 39.0 Å². The molecule has 2 aliphatic heterocycles. The number of thiol groups is 1. The summed E-state index contributed by atoms with van der Waals surface area (Å²) in [7, 11) is -5.00. The molecule has 2 saturated heterocycles. The molecule has 2 saturated carbocycles. The summed E-state index contributed by atoms with van der Waals surface area (Å²) < 4.78 is 73.2. The second kappa shape index (κ2) is 10.1. The van der Waals surface area contributed by atoms with Gasteiger partial charge in [-0.05, 0) is 12.3 Å². The van der Waals surface area contributed by atoms with Crippen LogP contribution in [0.4, 0.5) is 10.2 Å². The third-order valence-electron chi connectivity index (χ3n) is 8.83. The van der Waals surface area contributed by atoms with Crippen molar-refractivity contribution in [2.75, 3.05) is 18.9 Å². The zero-order chi connectivity index (χ0) is 31.5. The van der Waals surface area contributed by atoms with Gasteiger partial charge in [0.25, 0.3) is 5.56 Å². The Morgan fingerprint density at radius 1 is 1.09 bits per heavy atom. The van der Waals surface area contributed by atoms with Gasteiger partial charge in [-0.25, -0.2) is 38.4 Å². The van der Waals surface area contributed by atoms with E-state index in [1.165, 1.54) is 12.7 Å². The molecule has 1 spiro atoms. The van der Waals surface area contributed by atoms with Gasteiger partial charge in [-0.2, -0.15) is 0 Å². The number of halogens is 1. The Bertz CT molecular complexity index is 2000. The van der Waals surface area contributed by atoms with Gasteiger partial charge in [0.05, 0.1) is 38.2 Å². The van der Waals surface area contributed by atoms with Crippen LogP contribution >= 0.6 is 26.9 Å². The Morgan fingerprint density at radius 2 is 1.84 bits per heavy atom. The van der Waals surface area contributed by atoms with Crippen LogP contribution in [0.5, 0.6) is 0 Å². The number of aromatic amines is 1. The quantitative estimate of drug-likeness (QED) is 0.143. The fourth-order valence-corrected chi connectivity index (χ4v) is 9.26. The van der Waals surface area contributed by atoms with Gasteiger partial charge in [0.2, 0.25) is 0 Å². The van der Waals surface area contributed by atoms with Gasteiger partial charge in [-0.1, -0.05) is 12.2 Å². The second-order valence-corrected chi connectivity index (χ2v) is 15.6. The van der Waals surface area contributed by atoms with Gasteiger partial charge >= 0.3 is 14.6 Å². The van der Waals surface area contributed by atoms with E-state index in [2.05, 4.69) is 42.2 Å². The summed E-state index contributed by atoms with van der Waals surface area (Å²) in [6.45, 7) is -5.48. The highest BCUT2D eigenvalue weighted by Gasteiger charge is 2.74. The molecule has 4 fully saturated rings. The Balaban J connectivity index is 1.11. The number of phosphoric ester groups is 1. The van der Waals surface area contributed by atoms with Crippen molar-refractivity contribution in [3.63, 3.8) is 0 Å². The van der Waals surface area contributed by atoms with Gasteiger partial charge < -0.3 is 30.0 Å². The molecule has 2 unspecified atom stereocenters. The summed E-state index contributed by atoms with van der Waals surface area (Å²) in [4.78, 5) is 45.6. The number of aromatic nitrogens is 8. The summed E-state index contributed by atoms with van der Waals surface area (Å²) in [5.41, 5.74) is 4.71. The minimum Gasteiger partial charge on any atom is -0.388 e. The molecule has 8 rings (SSSR count). The largest absolute Gasteiger partial charge is 0.472 e. The zero-order valence-electron chi connectivity index (χ0n) is 22.6. The van der Waals surface area contributed by atoms with E-state index in [0.29, 0.717) is 17.6 Å². The number of aliphatic hydroxyl groups is 1. The van der Waals surface area contributed by atoms with Crippen molar-refractivity contribution in [2.24, 2.45) is 11.3 Å². The number of nitrogens with two attached hydrogens (primary N) is 1. The standard InChI is InChI=1S/C22H24FN9O10P2S/c23-10-15-9(40-21(10)32-7-30-12-19(32)27-5-28-20(12)34)2-38-44(37,45)42-16-14(33)13(8-1-22(8,16)3-39-43(35,36)41-15)31-6-29-11-17(24)25-4-26-18(11)31/h4-10,13-16,21,33H,1-3H2,(H,35,36)(H,37,45)(H2,24,25,26)(H,27,28,34)/t8-,9-,10-,13-,14+,15-,16+,21-,22?,44-/m1/s1. The number of nitrogen functional groups attached to an aromatic ring is 1. The van der Waals surface area contributed by atoms with Crippen molar-refractivity contribution in [3.8, 4) is 0 Å². The highest BCUT2D eigenvalue weighted by Crippen LogP contribution is 2.73. The molecule has 5 N–H and O–H groups in total. The molecule has 4 aromatic rings. The molecule has 0 bridgehead atoms. The lowest BCUT2D eigenvalue weighted by molar-refractivity contribution is -0.0565. The molecular weight excluding hydrogens is 663 g/mol. The van der Waals surface area contributed by atoms with Crippen molar-refractivity contribution < 1.29 is 46.4 Å². The van der Waals surface area contributed by atoms with Crippen LogP contribution in [0, 0.1) is 11.3 Å². The lowest BCUT2D eigenvalue weighted by atomic mass is 10.0. The monoisotopic (exact) mass is 687 g/mol. The number of imidazole rings is 2. The highest BCUT2D eigenvalue weighted by atomic mass is 32.7. The summed E-state index contributed by atoms with van der Waals surface area (Å²) in [5.74, 6) is -0.310. The van der Waals surface area contributed by atoms with E-state index >= 15 is 4.39 Å². The molecule has 11 atom stereocenters. The van der Waals surface area contributed by atoms with Crippen LogP contribution in [0.2, 0.25) is 0 Å². The summed E-state index contributed by atoms with van der Waals surface area (Å²) >= 11 is 4.11. The number of hydrogen-bond acceptors (Lipinski definition) is 15. The second-order valence-electron chi connectivity index (χ2n) is 11.3. The maximum atomic E-state index is 16.0. The first kappa shape index (κ1) is 29.6. The van der Waals surface area contributed by atoms with E-state index in [9.17, 15) is 23.9 Å². The molecule has 45 heavy (non-hydrogen) atoms. The minimum absolute atomic E-state index is 0.0219. The number of ether oxygens (including phenoxy) is 1. The molecule has 0 aromatic carbocycles. The molecule has 0 radical (unpaired) electrons. The van der Waals surface area contributed by atoms with Crippen LogP contribution in [-0.2, 0) is 32.0 Å². The molecule has 0 amide bonds. The molecule has 6 heterocycles. The number of nitrogens with zero attached hydrogens (tertiary/aromatic N) is 7. The van der Waals surface area contributed by atoms with Crippen molar-refractivity contribution in [3.05, 3.63) is 35.7 Å². The van der Waals surface area contributed by atoms with Crippen molar-refractivity contribution in [1.29, 1.82) is 0 Å². The SMILES string of the molecule is Nc1ncnc2c1ncn2[C@H]1[C@H](O)[C@@H]2O[P@](=O)(S)OC[C@H]3O[C@@H](n4cnc5c(=O)[nH]cnc54)[C@H](F)[C@@H]3OP(=O)(O)OCC23C[C@H]13. The molecule has 4 aliphatic rings. The van der Waals surface area contributed by atoms with Gasteiger partial charge in [0.15, 0.2) is 35.0 Å². The third-order valence-corrected chi connectivity index (χ3v) is 11.4. The molecule has 23 heteroatoms. The normalized spacial score (nSPS) is 41.7. The summed E-state index contributed by atoms with van der Waals surface area (Å²) in [5, 5.41) is 11.5. The highest BCUT2D eigenvalue weighted by molar-refractivity contribution is 8.44. The lowest BCUT2D eigenvalue weighted by Gasteiger charge is -2.32. The summed E-state index contributed by atoms with van der Waals surface area (Å²) in [6.07, 6.45) is -4.31. The predicted molar refractivity (Wildman–Crippen MR) is 150 cm³/mol. The first-order chi connectivity index (χ1) is 21.4. The van der Waals surface area contributed by atoms with Crippen molar-refractivity contribution in [2.45, 2.75) is 49.3 Å². The van der Waals surface area contributed by atoms with Crippen LogP contribution in [0.15, 0.2) is 30.1 Å². The molecule has 19 nitrogen and oxygen atoms in total. The topological polar surface area (TPSA) is 254 Å². The first-order valence-corrected chi connectivity index (χ1v) is 17.7. The zero-order valence-corrected chi connectivity index (χ0v) is 25.3. The summed E-state index contributed by atoms with van der Waals surface area (Å²) in [6, 6.07) is -0.750. The van der Waals surface area contributed by atoms with E-state index in [-0.39, 0.29) is 17.0 Å². The van der Waals surface area contributed by atoms with E-state index in [0.717, 1.165) is 17.2 Å². The number of nitrogens with one attached hydrogen (secondary N) is 1. The fourth-order valence-electron chi connectivity index (χ4n) is 6.71. The fraction of sp³-hybridized carbons (Fsp3) is 0.545. The number of alkyl halides is 1. The number of rotatable bonds is 2. The van der Waals surface area contributed by atoms with Gasteiger partial charge in [-0.15, -0.1) is 0 Å². The number of fused-ring (bicyclic) bond motifs is 3. The van der Waals surface area contributed by atoms with Gasteiger partial charge in [0, 0.05) is 5.41 Å². The smallest absolute Gasteiger partial charge is 0.388 e. The van der Waals surface area contributed by atoms with Crippen LogP contribution in [0.3, 0.4) is 0 Å². The maximum absolute atomic E-state index is 16.0. The number of aliphatic hydroxyl groups excluding tert-OH is 1. The number of phosphoric acid groups is 1. The third kappa shape index (κ3) is 4.60. The van der Waals surface area contributed by atoms with E-state index in [1.54, 1.807) is 4.57 Å². The van der Waals surface area contributed by atoms with E-state index in [1.807, 2.05) is 0 Å². The minimum atomic E-state index is -5.00. The van der Waals surface area contributed by atoms with Gasteiger partial charge in [-0.3, -0.25) is 27.5 Å². The Hall–Kier alpha value is -2.84. The van der Waals surface area contributed by atoms with Crippen LogP contribution < -0.4 is 11.3 Å². The number of H-pyrrole nitrogens is 1. The molecule has 4 aromatic heterocycles. The number of anilines is 1. The maximum Gasteiger partial charge on any atom is 0.472 e. The Morgan fingerprint density at radius 3 is 2.67 bits per heavy atom. The molecule has 2 aliphatic carbocycles. The van der Waals surface area contributed by atoms with E-state index < -0.39 is 87.6 Å². The van der Waals surface area contributed by atoms with Gasteiger partial charge in [0.1, 0.15) is 36.3 Å². The average Bonchev–Trinajstić information content (AvgIpc) is 3.27. The average molecular weight is 688 g/mol. The van der Waals surface area contributed by atoms with Crippen LogP contribution in [0.25, 0.3) is 22.3 Å². The van der Waals surface area contributed by atoms with Crippen LogP contribution in [0.1, 0.15) is 18.7 Å². The predicted octanol–water partition coefficient (Wildman–Crippen LogP) is 0.655. The molecular formula is C22H24FN9O10P2S. The first-order valence-electron chi connectivity index (χ1n) is 13.5. The number of hydrogen-bond donors (Lipinski definition) is 5. The Kier molecular flexibility index (Phi) is 6.62. The van der Waals surface area contributed by atoms with Crippen molar-refractivity contribution >= 4 is 55.0 Å². The Labute approximate surface area is 255 Å². The molecule has 240 valence electrons. The lowest BCUT2D eigenvalue weighted by Crippen LogP contribution is -2.39. The van der Waals surface area contributed by atoms with E-state index in [4.69, 9.17) is 28.6 Å².